The Balaban J connectivity index is 0.000000148. The van der Waals surface area contributed by atoms with Crippen LogP contribution < -0.4 is 0 Å². The number of hydrogen-bond acceptors (Lipinski definition) is 2. The summed E-state index contributed by atoms with van der Waals surface area (Å²) in [4.78, 5) is 3.74. The van der Waals surface area contributed by atoms with Crippen LogP contribution in [-0.2, 0) is 0 Å². The van der Waals surface area contributed by atoms with Gasteiger partial charge in [0.2, 0.25) is 0 Å². The lowest BCUT2D eigenvalue weighted by atomic mass is 10.4. The van der Waals surface area contributed by atoms with E-state index in [1.807, 2.05) is 5.38 Å². The zero-order valence-electron chi connectivity index (χ0n) is 6.00. The summed E-state index contributed by atoms with van der Waals surface area (Å²) < 4.78 is 0. The van der Waals surface area contributed by atoms with Crippen LogP contribution >= 0.6 is 11.3 Å². The lowest BCUT2D eigenvalue weighted by molar-refractivity contribution is 0.886. The molecule has 1 aromatic rings. The highest BCUT2D eigenvalue weighted by Gasteiger charge is 1.59. The average molecular weight is 143 g/mol. The summed E-state index contributed by atoms with van der Waals surface area (Å²) in [6, 6.07) is 0. The van der Waals surface area contributed by atoms with Crippen LogP contribution in [-0.4, -0.2) is 4.98 Å². The summed E-state index contributed by atoms with van der Waals surface area (Å²) in [5.41, 5.74) is 1.79. The minimum Gasteiger partial charge on any atom is -0.253 e. The predicted molar refractivity (Wildman–Crippen MR) is 42.7 cm³/mol. The first kappa shape index (κ1) is 8.63. The van der Waals surface area contributed by atoms with Crippen molar-refractivity contribution in [2.75, 3.05) is 0 Å². The number of aromatic nitrogens is 1. The molecule has 0 radical (unpaired) electrons. The molecule has 0 aliphatic heterocycles. The summed E-state index contributed by atoms with van der Waals surface area (Å²) in [5, 5.41) is 1.93. The standard InChI is InChI=1S/C4H10.C3H3NS/c1-3-4-2;1-2-5-3-4-1/h3-4H2,1-2H3;1-3H. The van der Waals surface area contributed by atoms with E-state index in [2.05, 4.69) is 18.8 Å². The van der Waals surface area contributed by atoms with Crippen molar-refractivity contribution in [3.05, 3.63) is 17.1 Å². The van der Waals surface area contributed by atoms with Gasteiger partial charge < -0.3 is 0 Å². The molecule has 0 saturated heterocycles. The number of hydrogen-bond donors (Lipinski definition) is 0. The summed E-state index contributed by atoms with van der Waals surface area (Å²) in [7, 11) is 0. The van der Waals surface area contributed by atoms with E-state index >= 15 is 0 Å². The molecule has 2 heteroatoms. The van der Waals surface area contributed by atoms with Crippen molar-refractivity contribution in [3.63, 3.8) is 0 Å². The molecular weight excluding hydrogens is 130 g/mol. The molecule has 0 aliphatic carbocycles. The fraction of sp³-hybridized carbons (Fsp3) is 0.571. The third-order valence-electron chi connectivity index (χ3n) is 0.847. The van der Waals surface area contributed by atoms with Crippen molar-refractivity contribution in [2.24, 2.45) is 0 Å². The zero-order chi connectivity index (χ0) is 6.95. The van der Waals surface area contributed by atoms with Crippen molar-refractivity contribution >= 4 is 11.3 Å². The van der Waals surface area contributed by atoms with Gasteiger partial charge in [-0.25, -0.2) is 0 Å². The van der Waals surface area contributed by atoms with Gasteiger partial charge in [-0.2, -0.15) is 0 Å². The molecule has 0 bridgehead atoms. The first-order chi connectivity index (χ1) is 4.41. The first-order valence-electron chi connectivity index (χ1n) is 3.24. The molecule has 0 fully saturated rings. The van der Waals surface area contributed by atoms with Gasteiger partial charge in [-0.05, 0) is 0 Å². The summed E-state index contributed by atoms with van der Waals surface area (Å²) in [5.74, 6) is 0. The SMILES string of the molecule is CCCC.c1cscn1. The van der Waals surface area contributed by atoms with Gasteiger partial charge >= 0.3 is 0 Å². The number of nitrogens with zero attached hydrogens (tertiary/aromatic N) is 1. The van der Waals surface area contributed by atoms with Crippen molar-refractivity contribution < 1.29 is 0 Å². The molecule has 1 aromatic heterocycles. The monoisotopic (exact) mass is 143 g/mol. The molecule has 9 heavy (non-hydrogen) atoms. The Kier molecular flexibility index (Phi) is 7.32. The number of unbranched alkanes of at least 4 members (excludes halogenated alkanes) is 1. The fourth-order valence-corrected chi connectivity index (χ4v) is 0.527. The van der Waals surface area contributed by atoms with Gasteiger partial charge in [-0.15, -0.1) is 11.3 Å². The van der Waals surface area contributed by atoms with Crippen molar-refractivity contribution in [1.29, 1.82) is 0 Å². The molecule has 0 aromatic carbocycles. The van der Waals surface area contributed by atoms with Crippen LogP contribution in [0.3, 0.4) is 0 Å². The maximum atomic E-state index is 3.74. The molecule has 1 nitrogen and oxygen atoms in total. The van der Waals surface area contributed by atoms with Gasteiger partial charge in [0, 0.05) is 11.6 Å². The molecule has 52 valence electrons. The topological polar surface area (TPSA) is 12.9 Å². The van der Waals surface area contributed by atoms with Crippen molar-refractivity contribution in [1.82, 2.24) is 4.98 Å². The van der Waals surface area contributed by atoms with Crippen LogP contribution in [0.15, 0.2) is 17.1 Å². The van der Waals surface area contributed by atoms with E-state index in [-0.39, 0.29) is 0 Å². The van der Waals surface area contributed by atoms with E-state index in [0.29, 0.717) is 0 Å². The maximum Gasteiger partial charge on any atom is 0.0791 e. The van der Waals surface area contributed by atoms with E-state index in [1.54, 1.807) is 23.0 Å². The van der Waals surface area contributed by atoms with Crippen LogP contribution in [0.4, 0.5) is 0 Å². The van der Waals surface area contributed by atoms with E-state index in [1.165, 1.54) is 12.8 Å². The Bertz CT molecular complexity index is 84.4. The van der Waals surface area contributed by atoms with Crippen LogP contribution in [0, 0.1) is 0 Å². The predicted octanol–water partition coefficient (Wildman–Crippen LogP) is 2.95. The summed E-state index contributed by atoms with van der Waals surface area (Å²) >= 11 is 1.60. The quantitative estimate of drug-likeness (QED) is 0.589. The summed E-state index contributed by atoms with van der Waals surface area (Å²) in [6.07, 6.45) is 4.41. The molecule has 1 heterocycles. The minimum absolute atomic E-state index is 1.32. The molecule has 0 unspecified atom stereocenters. The highest BCUT2D eigenvalue weighted by atomic mass is 32.1. The highest BCUT2D eigenvalue weighted by molar-refractivity contribution is 7.07. The number of thiazole rings is 1. The molecular formula is C7H13NS. The Labute approximate surface area is 60.8 Å². The highest BCUT2D eigenvalue weighted by Crippen LogP contribution is 1.85. The molecule has 0 amide bonds. The van der Waals surface area contributed by atoms with Gasteiger partial charge in [0.1, 0.15) is 0 Å². The van der Waals surface area contributed by atoms with E-state index in [0.717, 1.165) is 0 Å². The second-order valence-corrected chi connectivity index (χ2v) is 2.43. The third kappa shape index (κ3) is 7.63. The zero-order valence-corrected chi connectivity index (χ0v) is 6.82. The fourth-order valence-electron chi connectivity index (χ4n) is 0.176. The third-order valence-corrected chi connectivity index (χ3v) is 1.37. The van der Waals surface area contributed by atoms with E-state index in [4.69, 9.17) is 0 Å². The lowest BCUT2D eigenvalue weighted by Crippen LogP contribution is -1.47. The molecule has 0 aliphatic rings. The lowest BCUT2D eigenvalue weighted by Gasteiger charge is -1.68. The molecule has 1 rings (SSSR count). The second-order valence-electron chi connectivity index (χ2n) is 1.68. The Morgan fingerprint density at radius 2 is 2.00 bits per heavy atom. The first-order valence-corrected chi connectivity index (χ1v) is 4.18. The molecule has 0 spiro atoms. The Morgan fingerprint density at radius 3 is 2.11 bits per heavy atom. The Morgan fingerprint density at radius 1 is 1.33 bits per heavy atom. The Hall–Kier alpha value is -0.370. The van der Waals surface area contributed by atoms with Crippen molar-refractivity contribution in [3.8, 4) is 0 Å². The molecule has 0 saturated carbocycles. The normalized spacial score (nSPS) is 7.78. The van der Waals surface area contributed by atoms with Gasteiger partial charge in [-0.1, -0.05) is 26.7 Å². The number of rotatable bonds is 1. The van der Waals surface area contributed by atoms with Crippen molar-refractivity contribution in [2.45, 2.75) is 26.7 Å². The smallest absolute Gasteiger partial charge is 0.0791 e. The average Bonchev–Trinajstić information content (AvgIpc) is 2.43. The van der Waals surface area contributed by atoms with Crippen LogP contribution in [0.25, 0.3) is 0 Å². The van der Waals surface area contributed by atoms with Crippen LogP contribution in [0.2, 0.25) is 0 Å². The van der Waals surface area contributed by atoms with Gasteiger partial charge in [0.15, 0.2) is 0 Å². The largest absolute Gasteiger partial charge is 0.253 e. The van der Waals surface area contributed by atoms with E-state index in [9.17, 15) is 0 Å². The van der Waals surface area contributed by atoms with Crippen LogP contribution in [0.5, 0.6) is 0 Å². The summed E-state index contributed by atoms with van der Waals surface area (Å²) in [6.45, 7) is 4.36. The minimum atomic E-state index is 1.32. The van der Waals surface area contributed by atoms with Gasteiger partial charge in [-0.3, -0.25) is 4.98 Å². The molecule has 0 atom stereocenters. The van der Waals surface area contributed by atoms with Crippen LogP contribution in [0.1, 0.15) is 26.7 Å². The second kappa shape index (κ2) is 7.63. The molecule has 0 N–H and O–H groups in total. The van der Waals surface area contributed by atoms with Gasteiger partial charge in [0.05, 0.1) is 5.51 Å². The van der Waals surface area contributed by atoms with E-state index < -0.39 is 0 Å². The van der Waals surface area contributed by atoms with Gasteiger partial charge in [0.25, 0.3) is 0 Å². The maximum absolute atomic E-state index is 3.74.